The van der Waals surface area contributed by atoms with Gasteiger partial charge in [-0.2, -0.15) is 0 Å². The van der Waals surface area contributed by atoms with Gasteiger partial charge in [0.15, 0.2) is 11.5 Å². The smallest absolute Gasteiger partial charge is 0.226 e. The van der Waals surface area contributed by atoms with Crippen molar-refractivity contribution in [3.05, 3.63) is 56.6 Å². The molecule has 0 saturated carbocycles. The molecule has 3 heterocycles. The zero-order chi connectivity index (χ0) is 20.6. The van der Waals surface area contributed by atoms with Crippen LogP contribution >= 0.6 is 0 Å². The van der Waals surface area contributed by atoms with Crippen molar-refractivity contribution < 1.29 is 23.8 Å². The van der Waals surface area contributed by atoms with Gasteiger partial charge in [0.25, 0.3) is 0 Å². The van der Waals surface area contributed by atoms with E-state index in [0.29, 0.717) is 52.5 Å². The van der Waals surface area contributed by atoms with Crippen LogP contribution in [0, 0.1) is 0 Å². The quantitative estimate of drug-likeness (QED) is 0.770. The summed E-state index contributed by atoms with van der Waals surface area (Å²) in [6, 6.07) is 2.36. The second-order valence-electron chi connectivity index (χ2n) is 6.99. The third-order valence-electron chi connectivity index (χ3n) is 4.85. The Morgan fingerprint density at radius 2 is 1.21 bits per heavy atom. The monoisotopic (exact) mass is 406 g/mol. The van der Waals surface area contributed by atoms with E-state index >= 15 is 0 Å². The number of hydrogen-bond acceptors (Lipinski definition) is 9. The van der Waals surface area contributed by atoms with Crippen molar-refractivity contribution in [2.75, 3.05) is 39.4 Å². The fourth-order valence-corrected chi connectivity index (χ4v) is 3.24. The summed E-state index contributed by atoms with van der Waals surface area (Å²) in [5.41, 5.74) is -0.938. The second kappa shape index (κ2) is 10.2. The highest BCUT2D eigenvalue weighted by Gasteiger charge is 2.18. The molecule has 2 aromatic rings. The summed E-state index contributed by atoms with van der Waals surface area (Å²) in [5, 5.41) is 19.9. The van der Waals surface area contributed by atoms with E-state index in [-0.39, 0.29) is 23.0 Å². The van der Waals surface area contributed by atoms with E-state index in [1.165, 1.54) is 24.7 Å². The summed E-state index contributed by atoms with van der Waals surface area (Å²) < 4.78 is 16.3. The zero-order valence-corrected chi connectivity index (χ0v) is 16.2. The molecule has 9 nitrogen and oxygen atoms in total. The van der Waals surface area contributed by atoms with Gasteiger partial charge in [-0.15, -0.1) is 0 Å². The van der Waals surface area contributed by atoms with Crippen molar-refractivity contribution in [2.45, 2.75) is 25.9 Å². The second-order valence-corrected chi connectivity index (χ2v) is 6.99. The van der Waals surface area contributed by atoms with Crippen LogP contribution in [0.25, 0.3) is 0 Å². The summed E-state index contributed by atoms with van der Waals surface area (Å²) >= 11 is 0. The Balaban J connectivity index is 1.71. The minimum absolute atomic E-state index is 0.228. The Hall–Kier alpha value is -2.62. The Bertz CT molecular complexity index is 835. The van der Waals surface area contributed by atoms with E-state index in [1.807, 2.05) is 0 Å². The lowest BCUT2D eigenvalue weighted by Crippen LogP contribution is -2.36. The molecule has 1 aliphatic rings. The van der Waals surface area contributed by atoms with Gasteiger partial charge in [-0.25, -0.2) is 0 Å². The molecule has 2 N–H and O–H groups in total. The van der Waals surface area contributed by atoms with Crippen LogP contribution in [0.5, 0.6) is 11.5 Å². The van der Waals surface area contributed by atoms with Gasteiger partial charge in [-0.3, -0.25) is 19.4 Å². The number of hydrogen-bond donors (Lipinski definition) is 2. The average Bonchev–Trinajstić information content (AvgIpc) is 2.75. The van der Waals surface area contributed by atoms with Crippen LogP contribution in [0.4, 0.5) is 0 Å². The summed E-state index contributed by atoms with van der Waals surface area (Å²) in [6.45, 7) is 4.51. The Labute approximate surface area is 167 Å². The predicted molar refractivity (Wildman–Crippen MR) is 104 cm³/mol. The fourth-order valence-electron chi connectivity index (χ4n) is 3.24. The van der Waals surface area contributed by atoms with Crippen molar-refractivity contribution >= 4 is 0 Å². The molecule has 1 saturated heterocycles. The Morgan fingerprint density at radius 3 is 1.66 bits per heavy atom. The summed E-state index contributed by atoms with van der Waals surface area (Å²) in [4.78, 5) is 27.4. The molecule has 1 fully saturated rings. The molecule has 0 atom stereocenters. The number of nitrogens with zero attached hydrogens (tertiary/aromatic N) is 2. The molecule has 29 heavy (non-hydrogen) atoms. The van der Waals surface area contributed by atoms with Crippen LogP contribution in [-0.2, 0) is 17.8 Å². The highest BCUT2D eigenvalue weighted by molar-refractivity contribution is 5.23. The lowest BCUT2D eigenvalue weighted by atomic mass is 10.2. The maximum absolute atomic E-state index is 11.6. The molecule has 9 heteroatoms. The van der Waals surface area contributed by atoms with Crippen molar-refractivity contribution in [3.63, 3.8) is 0 Å². The molecule has 158 valence electrons. The molecule has 1 aliphatic heterocycles. The summed E-state index contributed by atoms with van der Waals surface area (Å²) in [6.07, 6.45) is 4.18. The lowest BCUT2D eigenvalue weighted by molar-refractivity contribution is 0.117. The maximum Gasteiger partial charge on any atom is 0.226 e. The fraction of sp³-hybridized carbons (Fsp3) is 0.500. The molecule has 0 spiro atoms. The summed E-state index contributed by atoms with van der Waals surface area (Å²) in [7, 11) is 0. The SMILES string of the molecule is O=c1ccoc(CN2CCCOCCCN(Cc3occc(=O)c3O)CC2)c1O. The van der Waals surface area contributed by atoms with Crippen LogP contribution in [0.1, 0.15) is 24.4 Å². The van der Waals surface area contributed by atoms with E-state index < -0.39 is 10.9 Å². The van der Waals surface area contributed by atoms with Crippen LogP contribution in [-0.4, -0.2) is 59.4 Å². The minimum atomic E-state index is -0.469. The Kier molecular flexibility index (Phi) is 7.45. The molecule has 3 rings (SSSR count). The van der Waals surface area contributed by atoms with Gasteiger partial charge in [-0.1, -0.05) is 0 Å². The van der Waals surface area contributed by atoms with Crippen LogP contribution in [0.2, 0.25) is 0 Å². The molecule has 0 unspecified atom stereocenters. The maximum atomic E-state index is 11.6. The van der Waals surface area contributed by atoms with Gasteiger partial charge >= 0.3 is 0 Å². The highest BCUT2D eigenvalue weighted by Crippen LogP contribution is 2.16. The highest BCUT2D eigenvalue weighted by atomic mass is 16.5. The normalized spacial score (nSPS) is 17.7. The van der Waals surface area contributed by atoms with E-state index in [4.69, 9.17) is 13.6 Å². The largest absolute Gasteiger partial charge is 0.502 e. The third kappa shape index (κ3) is 5.93. The van der Waals surface area contributed by atoms with Crippen molar-refractivity contribution in [2.24, 2.45) is 0 Å². The molecule has 0 aliphatic carbocycles. The van der Waals surface area contributed by atoms with Gasteiger partial charge < -0.3 is 23.8 Å². The van der Waals surface area contributed by atoms with Gasteiger partial charge in [0.1, 0.15) is 0 Å². The standard InChI is InChI=1S/C20H26N2O7/c23-15-3-11-28-17(19(15)25)13-21-5-1-9-27-10-2-6-22(8-7-21)14-18-20(26)16(24)4-12-29-18/h3-4,11-12,25-26H,1-2,5-10,13-14H2. The van der Waals surface area contributed by atoms with Crippen molar-refractivity contribution in [1.82, 2.24) is 9.80 Å². The van der Waals surface area contributed by atoms with E-state index in [9.17, 15) is 19.8 Å². The van der Waals surface area contributed by atoms with Gasteiger partial charge in [0.2, 0.25) is 22.4 Å². The summed E-state index contributed by atoms with van der Waals surface area (Å²) in [5.74, 6) is -0.283. The predicted octanol–water partition coefficient (Wildman–Crippen LogP) is 1.12. The first kappa shape index (κ1) is 21.1. The first-order valence-corrected chi connectivity index (χ1v) is 9.66. The zero-order valence-electron chi connectivity index (χ0n) is 16.2. The van der Waals surface area contributed by atoms with E-state index in [1.54, 1.807) is 0 Å². The number of ether oxygens (including phenoxy) is 1. The molecule has 0 aromatic carbocycles. The molecular weight excluding hydrogens is 380 g/mol. The molecule has 2 aromatic heterocycles. The number of aromatic hydroxyl groups is 2. The molecule has 0 radical (unpaired) electrons. The van der Waals surface area contributed by atoms with E-state index in [0.717, 1.165) is 12.8 Å². The molecule has 0 amide bonds. The van der Waals surface area contributed by atoms with Crippen LogP contribution in [0.3, 0.4) is 0 Å². The van der Waals surface area contributed by atoms with Gasteiger partial charge in [0.05, 0.1) is 25.6 Å². The Morgan fingerprint density at radius 1 is 0.759 bits per heavy atom. The lowest BCUT2D eigenvalue weighted by Gasteiger charge is -2.26. The van der Waals surface area contributed by atoms with Crippen molar-refractivity contribution in [3.8, 4) is 11.5 Å². The average molecular weight is 406 g/mol. The first-order valence-electron chi connectivity index (χ1n) is 9.66. The van der Waals surface area contributed by atoms with Crippen LogP contribution in [0.15, 0.2) is 43.1 Å². The first-order chi connectivity index (χ1) is 14.0. The van der Waals surface area contributed by atoms with E-state index in [2.05, 4.69) is 9.80 Å². The van der Waals surface area contributed by atoms with Gasteiger partial charge in [0, 0.05) is 51.5 Å². The van der Waals surface area contributed by atoms with Crippen LogP contribution < -0.4 is 10.9 Å². The van der Waals surface area contributed by atoms with Crippen molar-refractivity contribution in [1.29, 1.82) is 0 Å². The third-order valence-corrected chi connectivity index (χ3v) is 4.85. The topological polar surface area (TPSA) is 117 Å². The molecule has 0 bridgehead atoms. The molecular formula is C20H26N2O7. The number of rotatable bonds is 4. The van der Waals surface area contributed by atoms with Gasteiger partial charge in [-0.05, 0) is 12.8 Å². The minimum Gasteiger partial charge on any atom is -0.502 e.